The number of rotatable bonds is 42. The molecule has 3 unspecified atom stereocenters. The minimum absolute atomic E-state index is 0.0245. The van der Waals surface area contributed by atoms with E-state index in [2.05, 4.69) is 105 Å². The smallest absolute Gasteiger partial charge is 0.306 e. The van der Waals surface area contributed by atoms with Crippen molar-refractivity contribution in [3.05, 3.63) is 97.2 Å². The van der Waals surface area contributed by atoms with E-state index in [4.69, 9.17) is 4.74 Å². The molecule has 0 bridgehead atoms. The highest BCUT2D eigenvalue weighted by Gasteiger charge is 2.24. The summed E-state index contributed by atoms with van der Waals surface area (Å²) in [7, 11) is 0. The number of carbonyl (C=O) groups excluding carboxylic acids is 2. The molecule has 0 saturated carbocycles. The van der Waals surface area contributed by atoms with Crippen LogP contribution in [0.15, 0.2) is 97.2 Å². The first-order valence-electron chi connectivity index (χ1n) is 24.5. The lowest BCUT2D eigenvalue weighted by molar-refractivity contribution is -0.151. The summed E-state index contributed by atoms with van der Waals surface area (Å²) in [5.74, 6) is -0.564. The molecule has 0 rings (SSSR count). The number of amides is 1. The lowest BCUT2D eigenvalue weighted by Gasteiger charge is -2.24. The maximum atomic E-state index is 13.2. The molecule has 0 fully saturated rings. The van der Waals surface area contributed by atoms with Crippen molar-refractivity contribution in [1.29, 1.82) is 0 Å². The number of hydrogen-bond donors (Lipinski definition) is 3. The summed E-state index contributed by atoms with van der Waals surface area (Å²) < 4.78 is 5.88. The predicted octanol–water partition coefficient (Wildman–Crippen LogP) is 14.6. The van der Waals surface area contributed by atoms with E-state index in [1.54, 1.807) is 0 Å². The Bertz CT molecular complexity index is 1210. The van der Waals surface area contributed by atoms with Crippen LogP contribution in [0.4, 0.5) is 0 Å². The van der Waals surface area contributed by atoms with E-state index < -0.39 is 18.2 Å². The van der Waals surface area contributed by atoms with Crippen molar-refractivity contribution >= 4 is 11.9 Å². The first-order valence-corrected chi connectivity index (χ1v) is 24.5. The largest absolute Gasteiger partial charge is 0.462 e. The third kappa shape index (κ3) is 41.5. The molecular weight excluding hydrogens is 743 g/mol. The quantitative estimate of drug-likeness (QED) is 0.0246. The lowest BCUT2D eigenvalue weighted by Crippen LogP contribution is -2.46. The molecular formula is C54H91NO5. The predicted molar refractivity (Wildman–Crippen MR) is 259 cm³/mol. The van der Waals surface area contributed by atoms with Gasteiger partial charge in [-0.2, -0.15) is 0 Å². The van der Waals surface area contributed by atoms with Gasteiger partial charge >= 0.3 is 5.97 Å². The van der Waals surface area contributed by atoms with Crippen molar-refractivity contribution in [3.8, 4) is 0 Å². The Kier molecular flexibility index (Phi) is 44.3. The first kappa shape index (κ1) is 56.8. The van der Waals surface area contributed by atoms with Gasteiger partial charge < -0.3 is 20.3 Å². The van der Waals surface area contributed by atoms with Crippen LogP contribution in [-0.4, -0.2) is 46.9 Å². The summed E-state index contributed by atoms with van der Waals surface area (Å²) in [4.78, 5) is 26.1. The second-order valence-corrected chi connectivity index (χ2v) is 16.2. The zero-order valence-corrected chi connectivity index (χ0v) is 38.8. The van der Waals surface area contributed by atoms with Gasteiger partial charge in [-0.15, -0.1) is 0 Å². The number of allylic oxidation sites excluding steroid dienone is 16. The monoisotopic (exact) mass is 834 g/mol. The molecule has 0 aliphatic heterocycles. The maximum Gasteiger partial charge on any atom is 0.306 e. The molecule has 0 aromatic heterocycles. The number of ether oxygens (including phenoxy) is 1. The molecule has 0 radical (unpaired) electrons. The zero-order valence-electron chi connectivity index (χ0n) is 38.8. The molecule has 0 aromatic carbocycles. The molecule has 0 heterocycles. The highest BCUT2D eigenvalue weighted by atomic mass is 16.5. The van der Waals surface area contributed by atoms with E-state index in [1.807, 2.05) is 18.2 Å². The Labute approximate surface area is 369 Å². The molecule has 6 heteroatoms. The molecule has 1 amide bonds. The zero-order chi connectivity index (χ0) is 43.8. The van der Waals surface area contributed by atoms with Crippen molar-refractivity contribution in [1.82, 2.24) is 5.32 Å². The van der Waals surface area contributed by atoms with Crippen molar-refractivity contribution in [2.75, 3.05) is 6.61 Å². The number of esters is 1. The second kappa shape index (κ2) is 46.8. The summed E-state index contributed by atoms with van der Waals surface area (Å²) in [6.07, 6.45) is 61.8. The fourth-order valence-electron chi connectivity index (χ4n) is 6.85. The highest BCUT2D eigenvalue weighted by Crippen LogP contribution is 2.16. The SMILES string of the molecule is CC/C=C/C=C/C=C/C=C\CCCCCCCC(=O)OC(CCC/C=C/C/C=C/C/C=C/C/C=C/CC)CC(=O)NC(CO)C(O)CCCCCCCCCCCCCC. The van der Waals surface area contributed by atoms with Crippen LogP contribution in [0.1, 0.15) is 207 Å². The molecule has 0 aliphatic carbocycles. The number of carbonyl (C=O) groups is 2. The fourth-order valence-corrected chi connectivity index (χ4v) is 6.85. The van der Waals surface area contributed by atoms with Crippen LogP contribution in [0.25, 0.3) is 0 Å². The number of nitrogens with one attached hydrogen (secondary N) is 1. The number of unbranched alkanes of at least 4 members (excludes halogenated alkanes) is 17. The summed E-state index contributed by atoms with van der Waals surface area (Å²) in [5.41, 5.74) is 0. The van der Waals surface area contributed by atoms with Crippen molar-refractivity contribution in [2.24, 2.45) is 0 Å². The van der Waals surface area contributed by atoms with Gasteiger partial charge in [0.15, 0.2) is 0 Å². The van der Waals surface area contributed by atoms with Gasteiger partial charge in [0.05, 0.1) is 25.2 Å². The molecule has 6 nitrogen and oxygen atoms in total. The lowest BCUT2D eigenvalue weighted by atomic mass is 10.0. The van der Waals surface area contributed by atoms with E-state index in [1.165, 1.54) is 57.8 Å². The molecule has 0 saturated heterocycles. The van der Waals surface area contributed by atoms with Crippen molar-refractivity contribution < 1.29 is 24.5 Å². The number of hydrogen-bond acceptors (Lipinski definition) is 5. The van der Waals surface area contributed by atoms with Crippen LogP contribution in [0.2, 0.25) is 0 Å². The minimum Gasteiger partial charge on any atom is -0.462 e. The van der Waals surface area contributed by atoms with Gasteiger partial charge in [-0.1, -0.05) is 214 Å². The Balaban J connectivity index is 4.74. The molecule has 60 heavy (non-hydrogen) atoms. The van der Waals surface area contributed by atoms with E-state index in [0.29, 0.717) is 19.3 Å². The summed E-state index contributed by atoms with van der Waals surface area (Å²) >= 11 is 0. The molecule has 3 N–H and O–H groups in total. The highest BCUT2D eigenvalue weighted by molar-refractivity contribution is 5.77. The summed E-state index contributed by atoms with van der Waals surface area (Å²) in [6.45, 7) is 6.19. The molecule has 0 spiro atoms. The Morgan fingerprint density at radius 1 is 0.517 bits per heavy atom. The fraction of sp³-hybridized carbons (Fsp3) is 0.667. The van der Waals surface area contributed by atoms with Gasteiger partial charge in [-0.3, -0.25) is 9.59 Å². The molecule has 342 valence electrons. The summed E-state index contributed by atoms with van der Waals surface area (Å²) in [5, 5.41) is 23.7. The van der Waals surface area contributed by atoms with Gasteiger partial charge in [0.25, 0.3) is 0 Å². The maximum absolute atomic E-state index is 13.2. The van der Waals surface area contributed by atoms with Crippen LogP contribution >= 0.6 is 0 Å². The molecule has 3 atom stereocenters. The van der Waals surface area contributed by atoms with Gasteiger partial charge in [0.2, 0.25) is 5.91 Å². The second-order valence-electron chi connectivity index (χ2n) is 16.2. The van der Waals surface area contributed by atoms with Gasteiger partial charge in [-0.25, -0.2) is 0 Å². The first-order chi connectivity index (χ1) is 29.5. The van der Waals surface area contributed by atoms with E-state index >= 15 is 0 Å². The minimum atomic E-state index is -0.811. The van der Waals surface area contributed by atoms with E-state index in [0.717, 1.165) is 103 Å². The number of aliphatic hydroxyl groups excluding tert-OH is 2. The Hall–Kier alpha value is -3.22. The van der Waals surface area contributed by atoms with E-state index in [-0.39, 0.29) is 24.9 Å². The molecule has 0 aliphatic rings. The molecule has 0 aromatic rings. The number of aliphatic hydroxyl groups is 2. The third-order valence-corrected chi connectivity index (χ3v) is 10.5. The average Bonchev–Trinajstić information content (AvgIpc) is 3.24. The van der Waals surface area contributed by atoms with Gasteiger partial charge in [0.1, 0.15) is 6.10 Å². The van der Waals surface area contributed by atoms with Gasteiger partial charge in [-0.05, 0) is 77.0 Å². The van der Waals surface area contributed by atoms with Crippen LogP contribution in [0.5, 0.6) is 0 Å². The van der Waals surface area contributed by atoms with Crippen LogP contribution in [-0.2, 0) is 14.3 Å². The van der Waals surface area contributed by atoms with Crippen LogP contribution in [0.3, 0.4) is 0 Å². The summed E-state index contributed by atoms with van der Waals surface area (Å²) in [6, 6.07) is -0.729. The van der Waals surface area contributed by atoms with Gasteiger partial charge in [0, 0.05) is 6.42 Å². The van der Waals surface area contributed by atoms with Crippen LogP contribution in [0, 0.1) is 0 Å². The normalized spacial score (nSPS) is 14.2. The van der Waals surface area contributed by atoms with Crippen LogP contribution < -0.4 is 5.32 Å². The Morgan fingerprint density at radius 2 is 1.00 bits per heavy atom. The van der Waals surface area contributed by atoms with Crippen molar-refractivity contribution in [3.63, 3.8) is 0 Å². The van der Waals surface area contributed by atoms with Crippen molar-refractivity contribution in [2.45, 2.75) is 225 Å². The standard InChI is InChI=1S/C54H91NO5/c1-4-7-10-13-16-19-22-25-27-29-32-35-38-41-44-47-54(59)60-50(45-42-39-36-33-30-28-26-23-20-17-14-11-8-5-2)48-53(58)55-51(49-56)52(57)46-43-40-37-34-31-24-21-18-15-12-9-6-3/h7-8,10-11,13,16-17,19-20,22,25-28,33,36,50-52,56-57H,4-6,9,12,14-15,18,21,23-24,29-32,34-35,37-49H2,1-3H3,(H,55,58)/b10-7+,11-8+,16-13+,20-17+,22-19+,27-25-,28-26+,36-33+. The topological polar surface area (TPSA) is 95.9 Å². The Morgan fingerprint density at radius 3 is 1.58 bits per heavy atom. The third-order valence-electron chi connectivity index (χ3n) is 10.5. The van der Waals surface area contributed by atoms with E-state index in [9.17, 15) is 19.8 Å². The average molecular weight is 834 g/mol.